The molecular weight excluding hydrogens is 893 g/mol. The standard InChI is InChI=1S/C72H50N2/c1-72(55-25-7-3-8-26-55)66-35-14-11-30-60(66)61-44-40-53(47-67(61)72)49-38-42-57(43-39-49)73(68-36-15-13-32-63(68)65-34-19-23-51-22-18-33-59(71(51)65)50-20-5-2-6-21-50)58-29-17-24-52(46-58)54-41-45-64-62-31-12-16-37-69(62)74(70(64)48-54)56-27-9-4-10-28-56/h2-48H,1H3. The summed E-state index contributed by atoms with van der Waals surface area (Å²) in [6.07, 6.45) is 0. The number of hydrogen-bond acceptors (Lipinski definition) is 1. The van der Waals surface area contributed by atoms with Gasteiger partial charge in [-0.3, -0.25) is 0 Å². The van der Waals surface area contributed by atoms with Crippen molar-refractivity contribution in [3.05, 3.63) is 302 Å². The molecule has 14 rings (SSSR count). The summed E-state index contributed by atoms with van der Waals surface area (Å²) in [5.74, 6) is 0. The fraction of sp³-hybridized carbons (Fsp3) is 0.0278. The van der Waals surface area contributed by atoms with Crippen molar-refractivity contribution in [1.29, 1.82) is 0 Å². The quantitative estimate of drug-likeness (QED) is 0.140. The van der Waals surface area contributed by atoms with Crippen LogP contribution in [0.25, 0.3) is 93.9 Å². The van der Waals surface area contributed by atoms with Crippen molar-refractivity contribution in [3.8, 4) is 61.3 Å². The molecular formula is C72H50N2. The molecule has 1 aromatic heterocycles. The minimum Gasteiger partial charge on any atom is -0.310 e. The fourth-order valence-electron chi connectivity index (χ4n) is 12.1. The number of aromatic nitrogens is 1. The summed E-state index contributed by atoms with van der Waals surface area (Å²) in [6.45, 7) is 2.39. The third kappa shape index (κ3) is 7.02. The normalized spacial score (nSPS) is 13.8. The molecule has 0 N–H and O–H groups in total. The smallest absolute Gasteiger partial charge is 0.0547 e. The van der Waals surface area contributed by atoms with Gasteiger partial charge in [-0.1, -0.05) is 224 Å². The number of fused-ring (bicyclic) bond motifs is 7. The van der Waals surface area contributed by atoms with E-state index in [1.54, 1.807) is 0 Å². The molecule has 1 unspecified atom stereocenters. The molecule has 348 valence electrons. The molecule has 0 fully saturated rings. The van der Waals surface area contributed by atoms with Crippen LogP contribution in [0.3, 0.4) is 0 Å². The van der Waals surface area contributed by atoms with Gasteiger partial charge in [0, 0.05) is 38.8 Å². The van der Waals surface area contributed by atoms with Gasteiger partial charge in [0.25, 0.3) is 0 Å². The van der Waals surface area contributed by atoms with E-state index in [-0.39, 0.29) is 5.41 Å². The molecule has 1 aliphatic rings. The van der Waals surface area contributed by atoms with Gasteiger partial charge in [0.1, 0.15) is 0 Å². The van der Waals surface area contributed by atoms with Gasteiger partial charge in [-0.2, -0.15) is 0 Å². The number of hydrogen-bond donors (Lipinski definition) is 0. The molecule has 12 aromatic carbocycles. The lowest BCUT2D eigenvalue weighted by atomic mass is 9.74. The molecule has 0 amide bonds. The van der Waals surface area contributed by atoms with Crippen LogP contribution in [-0.2, 0) is 5.41 Å². The lowest BCUT2D eigenvalue weighted by Crippen LogP contribution is -2.22. The Hall–Kier alpha value is -9.50. The highest BCUT2D eigenvalue weighted by molar-refractivity contribution is 6.11. The Balaban J connectivity index is 0.933. The molecule has 0 radical (unpaired) electrons. The molecule has 0 saturated carbocycles. The summed E-state index contributed by atoms with van der Waals surface area (Å²) in [4.78, 5) is 2.46. The van der Waals surface area contributed by atoms with Gasteiger partial charge in [-0.05, 0) is 145 Å². The third-order valence-electron chi connectivity index (χ3n) is 15.7. The molecule has 2 heteroatoms. The van der Waals surface area contributed by atoms with E-state index >= 15 is 0 Å². The van der Waals surface area contributed by atoms with Crippen LogP contribution in [0, 0.1) is 0 Å². The average molecular weight is 943 g/mol. The fourth-order valence-corrected chi connectivity index (χ4v) is 12.1. The summed E-state index contributed by atoms with van der Waals surface area (Å²) < 4.78 is 2.40. The van der Waals surface area contributed by atoms with Gasteiger partial charge in [0.15, 0.2) is 0 Å². The van der Waals surface area contributed by atoms with Gasteiger partial charge in [0.05, 0.1) is 16.7 Å². The zero-order valence-electron chi connectivity index (χ0n) is 41.0. The number of rotatable bonds is 9. The molecule has 74 heavy (non-hydrogen) atoms. The minimum absolute atomic E-state index is 0.278. The van der Waals surface area contributed by atoms with E-state index in [0.29, 0.717) is 0 Å². The van der Waals surface area contributed by atoms with E-state index < -0.39 is 0 Å². The minimum atomic E-state index is -0.278. The zero-order chi connectivity index (χ0) is 49.2. The first-order valence-electron chi connectivity index (χ1n) is 25.7. The Kier molecular flexibility index (Phi) is 10.3. The number of nitrogens with zero attached hydrogens (tertiary/aromatic N) is 2. The maximum Gasteiger partial charge on any atom is 0.0547 e. The lowest BCUT2D eigenvalue weighted by Gasteiger charge is -2.29. The monoisotopic (exact) mass is 942 g/mol. The Labute approximate surface area is 432 Å². The first-order valence-corrected chi connectivity index (χ1v) is 25.7. The van der Waals surface area contributed by atoms with Gasteiger partial charge in [-0.15, -0.1) is 0 Å². The Morgan fingerprint density at radius 2 is 0.892 bits per heavy atom. The van der Waals surface area contributed by atoms with Gasteiger partial charge in [0.2, 0.25) is 0 Å². The molecule has 1 heterocycles. The van der Waals surface area contributed by atoms with Crippen molar-refractivity contribution in [2.45, 2.75) is 12.3 Å². The molecule has 2 nitrogen and oxygen atoms in total. The van der Waals surface area contributed by atoms with Crippen LogP contribution in [0.2, 0.25) is 0 Å². The Bertz CT molecular complexity index is 4240. The maximum absolute atomic E-state index is 2.46. The van der Waals surface area contributed by atoms with E-state index in [1.165, 1.54) is 88.2 Å². The first kappa shape index (κ1) is 43.3. The molecule has 0 saturated heterocycles. The zero-order valence-corrected chi connectivity index (χ0v) is 41.0. The predicted octanol–water partition coefficient (Wildman–Crippen LogP) is 19.4. The Morgan fingerprint density at radius 1 is 0.324 bits per heavy atom. The molecule has 0 spiro atoms. The summed E-state index contributed by atoms with van der Waals surface area (Å²) in [5.41, 5.74) is 22.5. The van der Waals surface area contributed by atoms with Crippen molar-refractivity contribution in [3.63, 3.8) is 0 Å². The van der Waals surface area contributed by atoms with Gasteiger partial charge in [-0.25, -0.2) is 0 Å². The topological polar surface area (TPSA) is 8.17 Å². The summed E-state index contributed by atoms with van der Waals surface area (Å²) >= 11 is 0. The number of benzene rings is 12. The SMILES string of the molecule is CC1(c2ccccc2)c2ccccc2-c2ccc(-c3ccc(N(c4cccc(-c5ccc6c7ccccc7n(-c7ccccc7)c6c5)c4)c4ccccc4-c4cccc5cccc(-c6ccccc6)c45)cc3)cc21. The van der Waals surface area contributed by atoms with Crippen molar-refractivity contribution in [2.24, 2.45) is 0 Å². The van der Waals surface area contributed by atoms with Gasteiger partial charge < -0.3 is 9.47 Å². The molecule has 0 bridgehead atoms. The van der Waals surface area contributed by atoms with Crippen LogP contribution in [-0.4, -0.2) is 4.57 Å². The second kappa shape index (κ2) is 17.7. The summed E-state index contributed by atoms with van der Waals surface area (Å²) in [6, 6.07) is 105. The first-order chi connectivity index (χ1) is 36.6. The third-order valence-corrected chi connectivity index (χ3v) is 15.7. The second-order valence-electron chi connectivity index (χ2n) is 19.7. The summed E-state index contributed by atoms with van der Waals surface area (Å²) in [7, 11) is 0. The lowest BCUT2D eigenvalue weighted by molar-refractivity contribution is 0.714. The average Bonchev–Trinajstić information content (AvgIpc) is 3.98. The molecule has 1 atom stereocenters. The predicted molar refractivity (Wildman–Crippen MR) is 312 cm³/mol. The van der Waals surface area contributed by atoms with Crippen molar-refractivity contribution in [2.75, 3.05) is 4.90 Å². The number of para-hydroxylation sites is 3. The highest BCUT2D eigenvalue weighted by Crippen LogP contribution is 2.53. The van der Waals surface area contributed by atoms with E-state index in [2.05, 4.69) is 302 Å². The van der Waals surface area contributed by atoms with E-state index in [4.69, 9.17) is 0 Å². The molecule has 13 aromatic rings. The van der Waals surface area contributed by atoms with Crippen LogP contribution in [0.5, 0.6) is 0 Å². The molecule has 1 aliphatic carbocycles. The van der Waals surface area contributed by atoms with Crippen molar-refractivity contribution >= 4 is 49.6 Å². The van der Waals surface area contributed by atoms with Crippen LogP contribution in [0.1, 0.15) is 23.6 Å². The van der Waals surface area contributed by atoms with Gasteiger partial charge >= 0.3 is 0 Å². The Morgan fingerprint density at radius 3 is 1.70 bits per heavy atom. The van der Waals surface area contributed by atoms with Crippen molar-refractivity contribution in [1.82, 2.24) is 4.57 Å². The largest absolute Gasteiger partial charge is 0.310 e. The van der Waals surface area contributed by atoms with E-state index in [1.807, 2.05) is 0 Å². The summed E-state index contributed by atoms with van der Waals surface area (Å²) in [5, 5.41) is 4.93. The van der Waals surface area contributed by atoms with Crippen LogP contribution in [0.15, 0.2) is 285 Å². The molecule has 0 aliphatic heterocycles. The van der Waals surface area contributed by atoms with Crippen molar-refractivity contribution < 1.29 is 0 Å². The highest BCUT2D eigenvalue weighted by Gasteiger charge is 2.40. The van der Waals surface area contributed by atoms with Crippen LogP contribution < -0.4 is 4.90 Å². The second-order valence-corrected chi connectivity index (χ2v) is 19.7. The maximum atomic E-state index is 2.46. The van der Waals surface area contributed by atoms with Crippen LogP contribution >= 0.6 is 0 Å². The number of anilines is 3. The highest BCUT2D eigenvalue weighted by atomic mass is 15.1. The van der Waals surface area contributed by atoms with Crippen LogP contribution in [0.4, 0.5) is 17.1 Å². The van der Waals surface area contributed by atoms with E-state index in [0.717, 1.165) is 39.4 Å². The van der Waals surface area contributed by atoms with E-state index in [9.17, 15) is 0 Å².